The van der Waals surface area contributed by atoms with Crippen LogP contribution in [0, 0.1) is 5.41 Å². The van der Waals surface area contributed by atoms with Crippen LogP contribution in [0.2, 0.25) is 0 Å². The van der Waals surface area contributed by atoms with Crippen LogP contribution in [0.5, 0.6) is 0 Å². The quantitative estimate of drug-likeness (QED) is 0.633. The molecule has 0 aromatic heterocycles. The molecule has 1 saturated carbocycles. The van der Waals surface area contributed by atoms with E-state index in [0.29, 0.717) is 18.0 Å². The predicted molar refractivity (Wildman–Crippen MR) is 50.0 cm³/mol. The minimum Gasteiger partial charge on any atom is -0.301 e. The van der Waals surface area contributed by atoms with E-state index in [2.05, 4.69) is 18.7 Å². The van der Waals surface area contributed by atoms with Gasteiger partial charge in [-0.3, -0.25) is 0 Å². The van der Waals surface area contributed by atoms with Crippen molar-refractivity contribution in [1.29, 1.82) is 0 Å². The molecule has 1 aliphatic rings. The average Bonchev–Trinajstić information content (AvgIpc) is 2.31. The van der Waals surface area contributed by atoms with Crippen molar-refractivity contribution in [3.63, 3.8) is 0 Å². The highest BCUT2D eigenvalue weighted by Gasteiger charge is 2.32. The Bertz CT molecular complexity index is 145. The molecule has 72 valence electrons. The molecule has 1 nitrogen and oxygen atoms in total. The summed E-state index contributed by atoms with van der Waals surface area (Å²) in [7, 11) is 2.03. The van der Waals surface area contributed by atoms with Crippen LogP contribution in [-0.4, -0.2) is 31.2 Å². The Kier molecular flexibility index (Phi) is 3.10. The molecule has 0 aliphatic heterocycles. The van der Waals surface area contributed by atoms with Crippen LogP contribution in [-0.2, 0) is 0 Å². The van der Waals surface area contributed by atoms with E-state index in [1.54, 1.807) is 0 Å². The summed E-state index contributed by atoms with van der Waals surface area (Å²) >= 11 is 0. The van der Waals surface area contributed by atoms with Crippen molar-refractivity contribution in [2.75, 3.05) is 20.3 Å². The number of halogens is 1. The van der Waals surface area contributed by atoms with E-state index in [9.17, 15) is 4.39 Å². The summed E-state index contributed by atoms with van der Waals surface area (Å²) in [5, 5.41) is 0. The first kappa shape index (κ1) is 9.97. The molecule has 1 unspecified atom stereocenters. The van der Waals surface area contributed by atoms with E-state index in [4.69, 9.17) is 0 Å². The lowest BCUT2D eigenvalue weighted by Gasteiger charge is -2.24. The minimum absolute atomic E-state index is 0.215. The molecule has 0 spiro atoms. The Morgan fingerprint density at radius 3 is 2.58 bits per heavy atom. The van der Waals surface area contributed by atoms with Gasteiger partial charge in [-0.15, -0.1) is 0 Å². The van der Waals surface area contributed by atoms with Crippen molar-refractivity contribution in [2.45, 2.75) is 39.2 Å². The molecule has 0 heterocycles. The minimum atomic E-state index is -0.215. The Balaban J connectivity index is 2.36. The molecule has 0 radical (unpaired) electrons. The highest BCUT2D eigenvalue weighted by molar-refractivity contribution is 4.86. The molecule has 0 bridgehead atoms. The lowest BCUT2D eigenvalue weighted by Crippen LogP contribution is -2.31. The first-order chi connectivity index (χ1) is 5.55. The number of hydrogen-bond donors (Lipinski definition) is 0. The third-order valence-corrected chi connectivity index (χ3v) is 3.00. The lowest BCUT2D eigenvalue weighted by atomic mass is 9.92. The molecular formula is C10H20FN. The van der Waals surface area contributed by atoms with Crippen molar-refractivity contribution in [3.05, 3.63) is 0 Å². The van der Waals surface area contributed by atoms with Gasteiger partial charge in [-0.1, -0.05) is 13.8 Å². The van der Waals surface area contributed by atoms with Gasteiger partial charge in [0, 0.05) is 12.6 Å². The summed E-state index contributed by atoms with van der Waals surface area (Å²) in [6, 6.07) is 0.621. The van der Waals surface area contributed by atoms with Crippen molar-refractivity contribution in [1.82, 2.24) is 4.90 Å². The summed E-state index contributed by atoms with van der Waals surface area (Å²) in [5.41, 5.74) is 0.481. The van der Waals surface area contributed by atoms with Gasteiger partial charge < -0.3 is 4.90 Å². The predicted octanol–water partition coefficient (Wildman–Crippen LogP) is 2.47. The Hall–Kier alpha value is -0.110. The highest BCUT2D eigenvalue weighted by Crippen LogP contribution is 2.38. The Morgan fingerprint density at radius 2 is 2.17 bits per heavy atom. The van der Waals surface area contributed by atoms with Gasteiger partial charge in [-0.05, 0) is 31.7 Å². The average molecular weight is 173 g/mol. The molecule has 1 rings (SSSR count). The van der Waals surface area contributed by atoms with E-state index < -0.39 is 0 Å². The van der Waals surface area contributed by atoms with Crippen molar-refractivity contribution >= 4 is 0 Å². The fraction of sp³-hybridized carbons (Fsp3) is 1.00. The maximum atomic E-state index is 12.0. The van der Waals surface area contributed by atoms with E-state index in [0.717, 1.165) is 0 Å². The molecule has 1 fully saturated rings. The largest absolute Gasteiger partial charge is 0.301 e. The number of rotatable bonds is 3. The molecule has 12 heavy (non-hydrogen) atoms. The van der Waals surface area contributed by atoms with E-state index >= 15 is 0 Å². The fourth-order valence-electron chi connectivity index (χ4n) is 2.09. The van der Waals surface area contributed by atoms with Crippen LogP contribution >= 0.6 is 0 Å². The molecule has 0 aromatic rings. The van der Waals surface area contributed by atoms with Crippen LogP contribution in [0.4, 0.5) is 4.39 Å². The topological polar surface area (TPSA) is 3.24 Å². The fourth-order valence-corrected chi connectivity index (χ4v) is 2.09. The standard InChI is InChI=1S/C10H20FN/c1-10(2)5-4-9(8-10)12(3)7-6-11/h9H,4-8H2,1-3H3. The Labute approximate surface area is 74.9 Å². The normalized spacial score (nSPS) is 28.2. The van der Waals surface area contributed by atoms with Gasteiger partial charge in [0.15, 0.2) is 0 Å². The molecule has 0 aromatic carbocycles. The van der Waals surface area contributed by atoms with Gasteiger partial charge in [-0.25, -0.2) is 4.39 Å². The zero-order valence-corrected chi connectivity index (χ0v) is 8.44. The molecule has 1 atom stereocenters. The van der Waals surface area contributed by atoms with E-state index in [1.165, 1.54) is 19.3 Å². The monoisotopic (exact) mass is 173 g/mol. The summed E-state index contributed by atoms with van der Waals surface area (Å²) in [4.78, 5) is 2.16. The van der Waals surface area contributed by atoms with Gasteiger partial charge in [0.05, 0.1) is 0 Å². The third kappa shape index (κ3) is 2.44. The molecule has 0 N–H and O–H groups in total. The number of alkyl halides is 1. The van der Waals surface area contributed by atoms with Gasteiger partial charge >= 0.3 is 0 Å². The summed E-state index contributed by atoms with van der Waals surface area (Å²) < 4.78 is 12.0. The van der Waals surface area contributed by atoms with Crippen LogP contribution in [0.15, 0.2) is 0 Å². The van der Waals surface area contributed by atoms with Crippen molar-refractivity contribution in [2.24, 2.45) is 5.41 Å². The second kappa shape index (κ2) is 3.73. The first-order valence-corrected chi connectivity index (χ1v) is 4.81. The zero-order valence-electron chi connectivity index (χ0n) is 8.44. The molecule has 2 heteroatoms. The maximum absolute atomic E-state index is 12.0. The van der Waals surface area contributed by atoms with Crippen molar-refractivity contribution < 1.29 is 4.39 Å². The van der Waals surface area contributed by atoms with E-state index in [-0.39, 0.29) is 6.67 Å². The second-order valence-corrected chi connectivity index (χ2v) is 4.73. The van der Waals surface area contributed by atoms with Crippen molar-refractivity contribution in [3.8, 4) is 0 Å². The van der Waals surface area contributed by atoms with Gasteiger partial charge in [0.1, 0.15) is 6.67 Å². The van der Waals surface area contributed by atoms with Gasteiger partial charge in [-0.2, -0.15) is 0 Å². The highest BCUT2D eigenvalue weighted by atomic mass is 19.1. The van der Waals surface area contributed by atoms with E-state index in [1.807, 2.05) is 7.05 Å². The van der Waals surface area contributed by atoms with Crippen LogP contribution in [0.25, 0.3) is 0 Å². The summed E-state index contributed by atoms with van der Waals surface area (Å²) in [6.45, 7) is 4.99. The second-order valence-electron chi connectivity index (χ2n) is 4.73. The van der Waals surface area contributed by atoms with Gasteiger partial charge in [0.2, 0.25) is 0 Å². The number of nitrogens with zero attached hydrogens (tertiary/aromatic N) is 1. The van der Waals surface area contributed by atoms with Crippen LogP contribution in [0.3, 0.4) is 0 Å². The lowest BCUT2D eigenvalue weighted by molar-refractivity contribution is 0.210. The SMILES string of the molecule is CN(CCF)C1CCC(C)(C)C1. The molecule has 1 aliphatic carbocycles. The Morgan fingerprint density at radius 1 is 1.50 bits per heavy atom. The summed E-state index contributed by atoms with van der Waals surface area (Å²) in [6.07, 6.45) is 3.75. The molecule has 0 amide bonds. The molecular weight excluding hydrogens is 153 g/mol. The zero-order chi connectivity index (χ0) is 9.19. The smallest absolute Gasteiger partial charge is 0.102 e. The van der Waals surface area contributed by atoms with Crippen LogP contribution in [0.1, 0.15) is 33.1 Å². The number of hydrogen-bond acceptors (Lipinski definition) is 1. The molecule has 0 saturated heterocycles. The third-order valence-electron chi connectivity index (χ3n) is 3.00. The maximum Gasteiger partial charge on any atom is 0.102 e. The van der Waals surface area contributed by atoms with Gasteiger partial charge in [0.25, 0.3) is 0 Å². The first-order valence-electron chi connectivity index (χ1n) is 4.81. The van der Waals surface area contributed by atoms with Crippen LogP contribution < -0.4 is 0 Å². The summed E-state index contributed by atoms with van der Waals surface area (Å²) in [5.74, 6) is 0.